The molecule has 0 atom stereocenters. The van der Waals surface area contributed by atoms with Gasteiger partial charge >= 0.3 is 0 Å². The van der Waals surface area contributed by atoms with Crippen LogP contribution in [0.15, 0.2) is 22.1 Å². The fourth-order valence-corrected chi connectivity index (χ4v) is 1.81. The van der Waals surface area contributed by atoms with Crippen LogP contribution in [0.1, 0.15) is 41.5 Å². The lowest BCUT2D eigenvalue weighted by Crippen LogP contribution is -1.95. The van der Waals surface area contributed by atoms with Gasteiger partial charge in [-0.15, -0.1) is 0 Å². The molecule has 0 aliphatic heterocycles. The summed E-state index contributed by atoms with van der Waals surface area (Å²) in [6.07, 6.45) is 1.10. The minimum atomic E-state index is 0. The van der Waals surface area contributed by atoms with E-state index in [4.69, 9.17) is 5.73 Å². The van der Waals surface area contributed by atoms with Crippen LogP contribution in [0.2, 0.25) is 0 Å². The molecule has 0 aliphatic rings. The highest BCUT2D eigenvalue weighted by Gasteiger charge is 2.04. The Bertz CT molecular complexity index is 188. The topological polar surface area (TPSA) is 26.0 Å². The van der Waals surface area contributed by atoms with Crippen LogP contribution in [0.25, 0.3) is 0 Å². The predicted octanol–water partition coefficient (Wildman–Crippen LogP) is 4.13. The Kier molecular flexibility index (Phi) is 8.23. The van der Waals surface area contributed by atoms with Crippen LogP contribution in [-0.2, 0) is 0 Å². The van der Waals surface area contributed by atoms with Crippen LogP contribution in [0.3, 0.4) is 0 Å². The second kappa shape index (κ2) is 7.07. The van der Waals surface area contributed by atoms with E-state index in [1.807, 2.05) is 0 Å². The van der Waals surface area contributed by atoms with E-state index in [0.29, 0.717) is 10.9 Å². The molecular weight excluding hydrogens is 178 g/mol. The van der Waals surface area contributed by atoms with Crippen molar-refractivity contribution in [2.24, 2.45) is 11.7 Å². The first-order chi connectivity index (χ1) is 5.43. The Morgan fingerprint density at radius 3 is 2.08 bits per heavy atom. The average molecular weight is 201 g/mol. The number of thioether (sulfide) groups is 1. The molecule has 0 heterocycles. The molecule has 2 heteroatoms. The van der Waals surface area contributed by atoms with Crippen LogP contribution in [-0.4, -0.2) is 0 Å². The molecule has 0 aliphatic carbocycles. The largest absolute Gasteiger partial charge is 0.394 e. The van der Waals surface area contributed by atoms with E-state index in [1.165, 1.54) is 10.5 Å². The Morgan fingerprint density at radius 2 is 1.85 bits per heavy atom. The molecule has 0 radical (unpaired) electrons. The molecule has 0 fully saturated rings. The summed E-state index contributed by atoms with van der Waals surface area (Å²) in [5.41, 5.74) is 6.89. The normalized spacial score (nSPS) is 9.31. The van der Waals surface area contributed by atoms with Gasteiger partial charge in [-0.25, -0.2) is 0 Å². The highest BCUT2D eigenvalue weighted by Crippen LogP contribution is 2.29. The van der Waals surface area contributed by atoms with Crippen molar-refractivity contribution >= 4 is 11.8 Å². The van der Waals surface area contributed by atoms with E-state index in [2.05, 4.69) is 34.3 Å². The standard InChI is InChI=1S/C10H19NS.CH4/c1-7(2)6-10(8(3)4)12-9(5)11;/h7H,5-6,11H2,1-4H3;1H4. The van der Waals surface area contributed by atoms with Gasteiger partial charge in [0.15, 0.2) is 0 Å². The van der Waals surface area contributed by atoms with Crippen molar-refractivity contribution in [1.29, 1.82) is 0 Å². The second-order valence-electron chi connectivity index (χ2n) is 3.59. The highest BCUT2D eigenvalue weighted by molar-refractivity contribution is 8.06. The SMILES string of the molecule is C.C=C(N)SC(CC(C)C)=C(C)C. The summed E-state index contributed by atoms with van der Waals surface area (Å²) in [6.45, 7) is 12.4. The average Bonchev–Trinajstić information content (AvgIpc) is 1.83. The minimum absolute atomic E-state index is 0. The molecule has 0 unspecified atom stereocenters. The maximum Gasteiger partial charge on any atom is 0.0627 e. The van der Waals surface area contributed by atoms with E-state index >= 15 is 0 Å². The zero-order chi connectivity index (χ0) is 9.72. The molecule has 1 nitrogen and oxygen atoms in total. The van der Waals surface area contributed by atoms with Gasteiger partial charge in [0, 0.05) is 0 Å². The number of hydrogen-bond acceptors (Lipinski definition) is 2. The van der Waals surface area contributed by atoms with Gasteiger partial charge in [-0.05, 0) is 31.1 Å². The third-order valence-corrected chi connectivity index (χ3v) is 2.49. The Hall–Kier alpha value is -0.370. The molecule has 0 bridgehead atoms. The third kappa shape index (κ3) is 7.97. The molecular formula is C11H23NS. The van der Waals surface area contributed by atoms with E-state index < -0.39 is 0 Å². The van der Waals surface area contributed by atoms with E-state index in [9.17, 15) is 0 Å². The Morgan fingerprint density at radius 1 is 1.38 bits per heavy atom. The lowest BCUT2D eigenvalue weighted by Gasteiger charge is -2.11. The van der Waals surface area contributed by atoms with Gasteiger partial charge < -0.3 is 5.73 Å². The smallest absolute Gasteiger partial charge is 0.0627 e. The second-order valence-corrected chi connectivity index (χ2v) is 4.81. The minimum Gasteiger partial charge on any atom is -0.394 e. The monoisotopic (exact) mass is 201 g/mol. The summed E-state index contributed by atoms with van der Waals surface area (Å²) < 4.78 is 0. The van der Waals surface area contributed by atoms with Crippen LogP contribution >= 0.6 is 11.8 Å². The molecule has 0 spiro atoms. The predicted molar refractivity (Wildman–Crippen MR) is 65.5 cm³/mol. The summed E-state index contributed by atoms with van der Waals surface area (Å²) in [7, 11) is 0. The molecule has 0 aromatic rings. The van der Waals surface area contributed by atoms with Crippen molar-refractivity contribution < 1.29 is 0 Å². The Labute approximate surface area is 87.5 Å². The first-order valence-corrected chi connectivity index (χ1v) is 5.03. The molecule has 0 saturated carbocycles. The summed E-state index contributed by atoms with van der Waals surface area (Å²) in [4.78, 5) is 1.36. The summed E-state index contributed by atoms with van der Waals surface area (Å²) >= 11 is 1.60. The first kappa shape index (κ1) is 15.1. The summed E-state index contributed by atoms with van der Waals surface area (Å²) in [5, 5.41) is 0.687. The number of allylic oxidation sites excluding steroid dienone is 2. The summed E-state index contributed by atoms with van der Waals surface area (Å²) in [5.74, 6) is 0.682. The van der Waals surface area contributed by atoms with E-state index in [-0.39, 0.29) is 7.43 Å². The third-order valence-electron chi connectivity index (χ3n) is 1.41. The zero-order valence-electron chi connectivity index (χ0n) is 8.48. The van der Waals surface area contributed by atoms with Crippen molar-refractivity contribution in [3.8, 4) is 0 Å². The Balaban J connectivity index is 0. The molecule has 13 heavy (non-hydrogen) atoms. The van der Waals surface area contributed by atoms with Gasteiger partial charge in [0.05, 0.1) is 5.03 Å². The van der Waals surface area contributed by atoms with E-state index in [0.717, 1.165) is 6.42 Å². The molecule has 0 saturated heterocycles. The number of hydrogen-bond donors (Lipinski definition) is 1. The highest BCUT2D eigenvalue weighted by atomic mass is 32.2. The molecule has 0 rings (SSSR count). The molecule has 0 amide bonds. The molecule has 78 valence electrons. The quantitative estimate of drug-likeness (QED) is 0.740. The molecule has 0 aromatic carbocycles. The van der Waals surface area contributed by atoms with E-state index in [1.54, 1.807) is 11.8 Å². The van der Waals surface area contributed by atoms with Crippen LogP contribution in [0.4, 0.5) is 0 Å². The molecule has 0 aromatic heterocycles. The van der Waals surface area contributed by atoms with Crippen molar-refractivity contribution in [3.05, 3.63) is 22.1 Å². The molecule has 2 N–H and O–H groups in total. The van der Waals surface area contributed by atoms with Gasteiger partial charge in [-0.2, -0.15) is 0 Å². The van der Waals surface area contributed by atoms with Crippen molar-refractivity contribution in [2.45, 2.75) is 41.5 Å². The van der Waals surface area contributed by atoms with Gasteiger partial charge in [-0.3, -0.25) is 0 Å². The van der Waals surface area contributed by atoms with Crippen molar-refractivity contribution in [2.75, 3.05) is 0 Å². The maximum atomic E-state index is 5.54. The lowest BCUT2D eigenvalue weighted by atomic mass is 10.1. The lowest BCUT2D eigenvalue weighted by molar-refractivity contribution is 0.655. The van der Waals surface area contributed by atoms with Gasteiger partial charge in [-0.1, -0.05) is 45.2 Å². The van der Waals surface area contributed by atoms with Gasteiger partial charge in [0.25, 0.3) is 0 Å². The van der Waals surface area contributed by atoms with Gasteiger partial charge in [0.2, 0.25) is 0 Å². The van der Waals surface area contributed by atoms with Crippen LogP contribution < -0.4 is 5.73 Å². The number of nitrogens with two attached hydrogens (primary N) is 1. The first-order valence-electron chi connectivity index (χ1n) is 4.22. The van der Waals surface area contributed by atoms with Gasteiger partial charge in [0.1, 0.15) is 0 Å². The van der Waals surface area contributed by atoms with Crippen LogP contribution in [0.5, 0.6) is 0 Å². The van der Waals surface area contributed by atoms with Crippen molar-refractivity contribution in [1.82, 2.24) is 0 Å². The van der Waals surface area contributed by atoms with Crippen LogP contribution in [0, 0.1) is 5.92 Å². The fourth-order valence-electron chi connectivity index (χ4n) is 0.877. The maximum absolute atomic E-state index is 5.54. The summed E-state index contributed by atoms with van der Waals surface area (Å²) in [6, 6.07) is 0. The fraction of sp³-hybridized carbons (Fsp3) is 0.636. The van der Waals surface area contributed by atoms with Crippen molar-refractivity contribution in [3.63, 3.8) is 0 Å². The zero-order valence-corrected chi connectivity index (χ0v) is 9.29. The number of rotatable bonds is 4.